The minimum atomic E-state index is -0.820. The molecule has 0 fully saturated rings. The van der Waals surface area contributed by atoms with Gasteiger partial charge in [0, 0.05) is 41.1 Å². The van der Waals surface area contributed by atoms with Crippen molar-refractivity contribution in [1.82, 2.24) is 0 Å². The van der Waals surface area contributed by atoms with Gasteiger partial charge in [-0.3, -0.25) is 9.59 Å². The van der Waals surface area contributed by atoms with Gasteiger partial charge in [-0.2, -0.15) is 0 Å². The fourth-order valence-corrected chi connectivity index (χ4v) is 24.4. The molecular weight excluding hydrogens is 1390 g/mol. The highest BCUT2D eigenvalue weighted by Crippen LogP contribution is 2.71. The van der Waals surface area contributed by atoms with Gasteiger partial charge in [0.15, 0.2) is 22.7 Å². The maximum atomic E-state index is 13.8. The standard InChI is InChI=1S/C94H110O4S6/c1-9-17-23-27-37-65-41-31-45-69(53-65)93(70-46-32-42-66(54-70)38-28-24-18-10-2)75-57-73(59-95)99-87(75)91-85(93)83-81(77-49-51-79(101-77)97-61-63(15-7)35-21-13-5)90-84(82(89(83)103-91)78-50-52-80(102-78)98-62-64(16-8)36-22-14-6)86-92(104-90)88-76(58-74(60-96)100-88)94(86,71-47-33-43-67(55-71)39-29-25-19-11-3)72-48-34-44-68(56-72)40-30-26-20-12-4/h31-34,41-60,63-64H,9-30,35-40,61-62H2,1-8H3. The van der Waals surface area contributed by atoms with Gasteiger partial charge in [0.25, 0.3) is 0 Å². The van der Waals surface area contributed by atoms with E-state index in [0.717, 1.165) is 110 Å². The number of aryl methyl sites for hydroxylation is 4. The van der Waals surface area contributed by atoms with Crippen LogP contribution in [0.3, 0.4) is 0 Å². The van der Waals surface area contributed by atoms with Gasteiger partial charge in [0.2, 0.25) is 0 Å². The number of unbranched alkanes of at least 4 members (excludes halogenated alkanes) is 14. The Morgan fingerprint density at radius 2 is 0.692 bits per heavy atom. The van der Waals surface area contributed by atoms with Gasteiger partial charge in [-0.15, -0.1) is 45.3 Å². The summed E-state index contributed by atoms with van der Waals surface area (Å²) in [4.78, 5) is 36.3. The summed E-state index contributed by atoms with van der Waals surface area (Å²) < 4.78 is 16.7. The van der Waals surface area contributed by atoms with Gasteiger partial charge in [-0.1, -0.05) is 291 Å². The molecule has 0 aliphatic heterocycles. The number of thiophene rings is 6. The summed E-state index contributed by atoms with van der Waals surface area (Å²) in [5.74, 6) is 0.939. The van der Waals surface area contributed by atoms with Gasteiger partial charge < -0.3 is 9.47 Å². The van der Waals surface area contributed by atoms with E-state index in [1.807, 2.05) is 45.3 Å². The average molecular weight is 1500 g/mol. The van der Waals surface area contributed by atoms with Crippen LogP contribution < -0.4 is 9.47 Å². The summed E-state index contributed by atoms with van der Waals surface area (Å²) in [6.07, 6.45) is 34.5. The molecule has 6 aromatic heterocycles. The zero-order valence-corrected chi connectivity index (χ0v) is 68.2. The van der Waals surface area contributed by atoms with Crippen LogP contribution in [0, 0.1) is 11.8 Å². The van der Waals surface area contributed by atoms with E-state index in [0.29, 0.717) is 25.0 Å². The molecule has 2 atom stereocenters. The molecule has 13 rings (SSSR count). The quantitative estimate of drug-likeness (QED) is 0.0283. The molecule has 104 heavy (non-hydrogen) atoms. The lowest BCUT2D eigenvalue weighted by atomic mass is 9.65. The Bertz CT molecular complexity index is 4280. The molecule has 11 aromatic rings. The fraction of sp³-hybridized carbons (Fsp3) is 0.447. The fourth-order valence-electron chi connectivity index (χ4n) is 17.2. The summed E-state index contributed by atoms with van der Waals surface area (Å²) in [6, 6.07) is 52.8. The Labute approximate surface area is 646 Å². The zero-order chi connectivity index (χ0) is 72.2. The van der Waals surface area contributed by atoms with E-state index in [1.165, 1.54) is 230 Å². The van der Waals surface area contributed by atoms with Gasteiger partial charge in [-0.25, -0.2) is 0 Å². The third kappa shape index (κ3) is 15.2. The van der Waals surface area contributed by atoms with Crippen molar-refractivity contribution in [3.8, 4) is 50.5 Å². The maximum Gasteiger partial charge on any atom is 0.174 e. The lowest BCUT2D eigenvalue weighted by Gasteiger charge is -2.35. The topological polar surface area (TPSA) is 52.6 Å². The van der Waals surface area contributed by atoms with E-state index in [9.17, 15) is 9.59 Å². The van der Waals surface area contributed by atoms with Crippen LogP contribution in [0.25, 0.3) is 60.6 Å². The van der Waals surface area contributed by atoms with Crippen molar-refractivity contribution in [3.63, 3.8) is 0 Å². The number of carbonyl (C=O) groups excluding carboxylic acids is 2. The minimum Gasteiger partial charge on any atom is -0.484 e. The number of ether oxygens (including phenoxy) is 2. The van der Waals surface area contributed by atoms with Crippen LogP contribution in [-0.2, 0) is 36.5 Å². The highest BCUT2D eigenvalue weighted by molar-refractivity contribution is 7.30. The van der Waals surface area contributed by atoms with E-state index in [2.05, 4.69) is 189 Å². The monoisotopic (exact) mass is 1490 g/mol. The number of hydrogen-bond acceptors (Lipinski definition) is 10. The second-order valence-electron chi connectivity index (χ2n) is 30.0. The number of benzene rings is 5. The van der Waals surface area contributed by atoms with E-state index in [4.69, 9.17) is 9.47 Å². The Morgan fingerprint density at radius 3 is 1.00 bits per heavy atom. The Kier molecular flexibility index (Phi) is 26.0. The van der Waals surface area contributed by atoms with Crippen molar-refractivity contribution in [2.45, 2.75) is 246 Å². The summed E-state index contributed by atoms with van der Waals surface area (Å²) >= 11 is 10.9. The molecule has 0 spiro atoms. The SMILES string of the molecule is CCCCCCc1cccc(C2(c3cccc(CCCCCC)c3)c3cc(C=O)sc3-c3sc4c(-c5ccc(OCC(CC)CCCC)s5)c5c6c(sc5c(-c5ccc(OCC(CC)CCCC)s5)c4c32)-c2sc(C=O)cc2C6(c2cccc(CCCCCC)c2)c2cccc(CCCCCC)c2)c1. The Morgan fingerprint density at radius 1 is 0.356 bits per heavy atom. The zero-order valence-electron chi connectivity index (χ0n) is 63.3. The van der Waals surface area contributed by atoms with E-state index >= 15 is 0 Å². The molecule has 0 N–H and O–H groups in total. The second-order valence-corrected chi connectivity index (χ2v) is 36.3. The molecule has 0 amide bonds. The van der Waals surface area contributed by atoms with Gasteiger partial charge in [0.1, 0.15) is 0 Å². The van der Waals surface area contributed by atoms with Crippen LogP contribution in [-0.4, -0.2) is 25.8 Å². The first kappa shape index (κ1) is 76.0. The normalized spacial score (nSPS) is 13.9. The highest BCUT2D eigenvalue weighted by Gasteiger charge is 2.54. The predicted molar refractivity (Wildman–Crippen MR) is 454 cm³/mol. The molecule has 2 aliphatic rings. The summed E-state index contributed by atoms with van der Waals surface area (Å²) in [7, 11) is 0. The Balaban J connectivity index is 1.21. The Hall–Kier alpha value is -6.24. The van der Waals surface area contributed by atoms with E-state index in [-0.39, 0.29) is 0 Å². The van der Waals surface area contributed by atoms with Gasteiger partial charge in [-0.05, 0) is 179 Å². The molecule has 2 unspecified atom stereocenters. The number of rotatable bonds is 42. The second kappa shape index (κ2) is 35.7. The van der Waals surface area contributed by atoms with Crippen molar-refractivity contribution < 1.29 is 19.1 Å². The third-order valence-electron chi connectivity index (χ3n) is 22.9. The van der Waals surface area contributed by atoms with Crippen molar-refractivity contribution >= 4 is 101 Å². The molecule has 10 heteroatoms. The van der Waals surface area contributed by atoms with E-state index in [1.54, 1.807) is 22.7 Å². The first-order valence-corrected chi connectivity index (χ1v) is 45.2. The predicted octanol–water partition coefficient (Wildman–Crippen LogP) is 29.7. The minimum absolute atomic E-state index is 0.470. The average Bonchev–Trinajstić information content (AvgIpc) is 1.49. The van der Waals surface area contributed by atoms with Crippen molar-refractivity contribution in [2.75, 3.05) is 13.2 Å². The van der Waals surface area contributed by atoms with Crippen LogP contribution in [0.5, 0.6) is 10.1 Å². The molecule has 2 aliphatic carbocycles. The summed E-state index contributed by atoms with van der Waals surface area (Å²) in [6.45, 7) is 19.8. The lowest BCUT2D eigenvalue weighted by molar-refractivity contribution is 0.111. The van der Waals surface area contributed by atoms with Crippen LogP contribution >= 0.6 is 68.0 Å². The van der Waals surface area contributed by atoms with Crippen molar-refractivity contribution in [2.24, 2.45) is 11.8 Å². The smallest absolute Gasteiger partial charge is 0.174 e. The number of aldehydes is 2. The maximum absolute atomic E-state index is 13.8. The molecule has 0 saturated carbocycles. The molecular formula is C94H110O4S6. The van der Waals surface area contributed by atoms with Crippen LogP contribution in [0.1, 0.15) is 296 Å². The van der Waals surface area contributed by atoms with Gasteiger partial charge in [0.05, 0.1) is 53.3 Å². The molecule has 546 valence electrons. The number of fused-ring (bicyclic) bond motifs is 10. The highest BCUT2D eigenvalue weighted by atomic mass is 32.1. The largest absolute Gasteiger partial charge is 0.484 e. The first-order chi connectivity index (χ1) is 51.1. The number of hydrogen-bond donors (Lipinski definition) is 0. The van der Waals surface area contributed by atoms with Crippen molar-refractivity contribution in [3.05, 3.63) is 210 Å². The molecule has 0 radical (unpaired) electrons. The number of carbonyl (C=O) groups is 2. The third-order valence-corrected chi connectivity index (χ3v) is 29.8. The first-order valence-electron chi connectivity index (χ1n) is 40.3. The molecule has 5 aromatic carbocycles. The molecule has 0 bridgehead atoms. The molecule has 6 heterocycles. The van der Waals surface area contributed by atoms with Gasteiger partial charge >= 0.3 is 0 Å². The lowest BCUT2D eigenvalue weighted by Crippen LogP contribution is -2.29. The van der Waals surface area contributed by atoms with Crippen LogP contribution in [0.2, 0.25) is 0 Å². The molecule has 0 saturated heterocycles. The summed E-state index contributed by atoms with van der Waals surface area (Å²) in [5, 5.41) is 4.46. The van der Waals surface area contributed by atoms with Crippen LogP contribution in [0.15, 0.2) is 133 Å². The molecule has 4 nitrogen and oxygen atoms in total. The van der Waals surface area contributed by atoms with E-state index < -0.39 is 10.8 Å². The summed E-state index contributed by atoms with van der Waals surface area (Å²) in [5.41, 5.74) is 16.4. The van der Waals surface area contributed by atoms with Crippen LogP contribution in [0.4, 0.5) is 0 Å². The van der Waals surface area contributed by atoms with Crippen molar-refractivity contribution in [1.29, 1.82) is 0 Å².